The van der Waals surface area contributed by atoms with E-state index in [1.807, 2.05) is 19.9 Å². The van der Waals surface area contributed by atoms with Crippen LogP contribution >= 0.6 is 11.3 Å². The summed E-state index contributed by atoms with van der Waals surface area (Å²) >= 11 is 1.41. The molecule has 0 saturated carbocycles. The van der Waals surface area contributed by atoms with Crippen molar-refractivity contribution in [2.75, 3.05) is 6.54 Å². The molecule has 0 unspecified atom stereocenters. The van der Waals surface area contributed by atoms with Crippen LogP contribution in [-0.4, -0.2) is 37.3 Å². The summed E-state index contributed by atoms with van der Waals surface area (Å²) in [6, 6.07) is 4.87. The van der Waals surface area contributed by atoms with Crippen LogP contribution in [0.4, 0.5) is 0 Å². The summed E-state index contributed by atoms with van der Waals surface area (Å²) < 4.78 is 0. The SMILES string of the molecule is Cc1nc(C)c(C(=O)N2CCC[C@H]2c2nc(-c3cccnc3)cc(=O)[nH]2)s1. The molecule has 1 N–H and O–H groups in total. The highest BCUT2D eigenvalue weighted by atomic mass is 32.1. The first-order valence-electron chi connectivity index (χ1n) is 8.79. The number of H-pyrrole nitrogens is 1. The average Bonchev–Trinajstić information content (AvgIpc) is 3.28. The molecule has 1 atom stereocenters. The van der Waals surface area contributed by atoms with E-state index in [9.17, 15) is 9.59 Å². The minimum Gasteiger partial charge on any atom is -0.328 e. The first-order chi connectivity index (χ1) is 13.0. The predicted molar refractivity (Wildman–Crippen MR) is 103 cm³/mol. The van der Waals surface area contributed by atoms with E-state index in [2.05, 4.69) is 19.9 Å². The van der Waals surface area contributed by atoms with Crippen LogP contribution in [0.2, 0.25) is 0 Å². The maximum absolute atomic E-state index is 13.1. The third-order valence-corrected chi connectivity index (χ3v) is 5.71. The molecule has 1 saturated heterocycles. The Labute approximate surface area is 160 Å². The molecule has 8 heteroatoms. The summed E-state index contributed by atoms with van der Waals surface area (Å²) in [6.45, 7) is 4.39. The maximum atomic E-state index is 13.1. The van der Waals surface area contributed by atoms with Crippen LogP contribution in [0.5, 0.6) is 0 Å². The topological polar surface area (TPSA) is 91.8 Å². The Bertz CT molecular complexity index is 1040. The van der Waals surface area contributed by atoms with Gasteiger partial charge in [0.05, 0.1) is 22.4 Å². The van der Waals surface area contributed by atoms with Gasteiger partial charge in [0.15, 0.2) is 0 Å². The highest BCUT2D eigenvalue weighted by molar-refractivity contribution is 7.13. The molecule has 7 nitrogen and oxygen atoms in total. The van der Waals surface area contributed by atoms with Crippen LogP contribution < -0.4 is 5.56 Å². The first-order valence-corrected chi connectivity index (χ1v) is 9.61. The number of aryl methyl sites for hydroxylation is 2. The van der Waals surface area contributed by atoms with Gasteiger partial charge >= 0.3 is 0 Å². The van der Waals surface area contributed by atoms with Crippen LogP contribution in [-0.2, 0) is 0 Å². The Morgan fingerprint density at radius 3 is 2.89 bits per heavy atom. The largest absolute Gasteiger partial charge is 0.328 e. The molecule has 0 radical (unpaired) electrons. The van der Waals surface area contributed by atoms with Crippen LogP contribution in [0.1, 0.15) is 45.1 Å². The van der Waals surface area contributed by atoms with Crippen molar-refractivity contribution < 1.29 is 4.79 Å². The third kappa shape index (κ3) is 3.40. The number of likely N-dealkylation sites (tertiary alicyclic amines) is 1. The molecule has 1 aliphatic heterocycles. The van der Waals surface area contributed by atoms with Gasteiger partial charge in [0, 0.05) is 30.6 Å². The van der Waals surface area contributed by atoms with Gasteiger partial charge in [0.1, 0.15) is 10.7 Å². The number of nitrogens with zero attached hydrogens (tertiary/aromatic N) is 4. The lowest BCUT2D eigenvalue weighted by molar-refractivity contribution is 0.0733. The molecule has 0 spiro atoms. The van der Waals surface area contributed by atoms with Gasteiger partial charge in [0.25, 0.3) is 11.5 Å². The molecule has 0 aliphatic carbocycles. The first kappa shape index (κ1) is 17.5. The van der Waals surface area contributed by atoms with Gasteiger partial charge in [-0.25, -0.2) is 9.97 Å². The standard InChI is InChI=1S/C19H19N5O2S/c1-11-17(27-12(2)21-11)19(26)24-8-4-6-15(24)18-22-14(9-16(25)23-18)13-5-3-7-20-10-13/h3,5,7,9-10,15H,4,6,8H2,1-2H3,(H,22,23,25)/t15-/m0/s1. The zero-order valence-electron chi connectivity index (χ0n) is 15.1. The van der Waals surface area contributed by atoms with Crippen LogP contribution in [0.3, 0.4) is 0 Å². The fourth-order valence-electron chi connectivity index (χ4n) is 3.45. The number of nitrogens with one attached hydrogen (secondary N) is 1. The normalized spacial score (nSPS) is 16.7. The highest BCUT2D eigenvalue weighted by Gasteiger charge is 2.34. The molecule has 4 rings (SSSR count). The molecule has 0 aromatic carbocycles. The van der Waals surface area contributed by atoms with Crippen molar-refractivity contribution in [1.29, 1.82) is 0 Å². The van der Waals surface area contributed by atoms with E-state index >= 15 is 0 Å². The van der Waals surface area contributed by atoms with Crippen molar-refractivity contribution in [3.63, 3.8) is 0 Å². The van der Waals surface area contributed by atoms with Gasteiger partial charge in [-0.1, -0.05) is 0 Å². The van der Waals surface area contributed by atoms with Crippen molar-refractivity contribution in [2.24, 2.45) is 0 Å². The van der Waals surface area contributed by atoms with Gasteiger partial charge in [0.2, 0.25) is 0 Å². The van der Waals surface area contributed by atoms with Crippen molar-refractivity contribution in [1.82, 2.24) is 24.8 Å². The number of thiazole rings is 1. The molecule has 27 heavy (non-hydrogen) atoms. The summed E-state index contributed by atoms with van der Waals surface area (Å²) in [6.07, 6.45) is 4.98. The lowest BCUT2D eigenvalue weighted by atomic mass is 10.1. The van der Waals surface area contributed by atoms with E-state index in [4.69, 9.17) is 0 Å². The average molecular weight is 381 g/mol. The zero-order valence-corrected chi connectivity index (χ0v) is 15.9. The predicted octanol–water partition coefficient (Wildman–Crippen LogP) is 2.88. The van der Waals surface area contributed by atoms with Crippen molar-refractivity contribution in [3.05, 3.63) is 62.3 Å². The molecule has 1 aliphatic rings. The third-order valence-electron chi connectivity index (χ3n) is 4.64. The smallest absolute Gasteiger partial charge is 0.266 e. The van der Waals surface area contributed by atoms with E-state index < -0.39 is 0 Å². The van der Waals surface area contributed by atoms with Gasteiger partial charge in [-0.05, 0) is 38.8 Å². The minimum absolute atomic E-state index is 0.0463. The summed E-state index contributed by atoms with van der Waals surface area (Å²) in [5.74, 6) is 0.473. The zero-order chi connectivity index (χ0) is 19.0. The quantitative estimate of drug-likeness (QED) is 0.753. The summed E-state index contributed by atoms with van der Waals surface area (Å²) in [5, 5.41) is 0.872. The van der Waals surface area contributed by atoms with Gasteiger partial charge in [-0.3, -0.25) is 14.6 Å². The van der Waals surface area contributed by atoms with E-state index in [1.54, 1.807) is 23.4 Å². The van der Waals surface area contributed by atoms with Crippen LogP contribution in [0, 0.1) is 13.8 Å². The number of pyridine rings is 1. The molecule has 0 bridgehead atoms. The molecule has 1 amide bonds. The molecule has 3 aromatic rings. The maximum Gasteiger partial charge on any atom is 0.266 e. The van der Waals surface area contributed by atoms with E-state index in [-0.39, 0.29) is 17.5 Å². The number of carbonyl (C=O) groups excluding carboxylic acids is 1. The Morgan fingerprint density at radius 1 is 1.33 bits per heavy atom. The fourth-order valence-corrected chi connectivity index (χ4v) is 4.33. The number of amides is 1. The Hall–Kier alpha value is -2.87. The molecular weight excluding hydrogens is 362 g/mol. The number of aromatic nitrogens is 4. The van der Waals surface area contributed by atoms with E-state index in [0.717, 1.165) is 29.1 Å². The number of hydrogen-bond donors (Lipinski definition) is 1. The molecule has 138 valence electrons. The second-order valence-corrected chi connectivity index (χ2v) is 7.76. The van der Waals surface area contributed by atoms with Crippen LogP contribution in [0.15, 0.2) is 35.4 Å². The Balaban J connectivity index is 1.70. The molecule has 4 heterocycles. The summed E-state index contributed by atoms with van der Waals surface area (Å²) in [5.41, 5.74) is 1.85. The summed E-state index contributed by atoms with van der Waals surface area (Å²) in [7, 11) is 0. The van der Waals surface area contributed by atoms with Gasteiger partial charge in [-0.15, -0.1) is 11.3 Å². The monoisotopic (exact) mass is 381 g/mol. The van der Waals surface area contributed by atoms with E-state index in [0.29, 0.717) is 22.9 Å². The number of carbonyl (C=O) groups is 1. The Kier molecular flexibility index (Phi) is 4.57. The lowest BCUT2D eigenvalue weighted by Crippen LogP contribution is -2.32. The number of aromatic amines is 1. The Morgan fingerprint density at radius 2 is 2.19 bits per heavy atom. The minimum atomic E-state index is -0.247. The molecule has 1 fully saturated rings. The van der Waals surface area contributed by atoms with Crippen LogP contribution in [0.25, 0.3) is 11.3 Å². The van der Waals surface area contributed by atoms with Crippen molar-refractivity contribution in [2.45, 2.75) is 32.7 Å². The highest BCUT2D eigenvalue weighted by Crippen LogP contribution is 2.33. The molecule has 3 aromatic heterocycles. The van der Waals surface area contributed by atoms with Gasteiger partial charge in [-0.2, -0.15) is 0 Å². The van der Waals surface area contributed by atoms with Crippen molar-refractivity contribution >= 4 is 17.2 Å². The van der Waals surface area contributed by atoms with Gasteiger partial charge < -0.3 is 9.88 Å². The second kappa shape index (κ2) is 7.03. The lowest BCUT2D eigenvalue weighted by Gasteiger charge is -2.23. The van der Waals surface area contributed by atoms with Crippen molar-refractivity contribution in [3.8, 4) is 11.3 Å². The second-order valence-electron chi connectivity index (χ2n) is 6.56. The number of rotatable bonds is 3. The summed E-state index contributed by atoms with van der Waals surface area (Å²) in [4.78, 5) is 43.7. The van der Waals surface area contributed by atoms with E-state index in [1.165, 1.54) is 17.4 Å². The molecular formula is C19H19N5O2S. The number of hydrogen-bond acceptors (Lipinski definition) is 6. The fraction of sp³-hybridized carbons (Fsp3) is 0.316.